The van der Waals surface area contributed by atoms with Gasteiger partial charge in [-0.1, -0.05) is 0 Å². The molecule has 0 saturated carbocycles. The summed E-state index contributed by atoms with van der Waals surface area (Å²) >= 11 is 3.34. The summed E-state index contributed by atoms with van der Waals surface area (Å²) in [5, 5.41) is 26.2. The molecule has 121 valence electrons. The second-order valence-electron chi connectivity index (χ2n) is 3.65. The quantitative estimate of drug-likeness (QED) is 0.208. The molecule has 3 N–H and O–H groups in total. The van der Waals surface area contributed by atoms with Gasteiger partial charge in [0.2, 0.25) is 0 Å². The Morgan fingerprint density at radius 3 is 2.05 bits per heavy atom. The number of aliphatic hydroxyl groups excluding tert-OH is 3. The maximum absolute atomic E-state index is 9.96. The Hall–Kier alpha value is -1.07. The van der Waals surface area contributed by atoms with Gasteiger partial charge in [0.15, 0.2) is 11.7 Å². The Morgan fingerprint density at radius 1 is 1.36 bits per heavy atom. The van der Waals surface area contributed by atoms with Gasteiger partial charge >= 0.3 is 45.1 Å². The van der Waals surface area contributed by atoms with E-state index in [1.54, 1.807) is 0 Å². The summed E-state index contributed by atoms with van der Waals surface area (Å²) in [6, 6.07) is 0. The fourth-order valence-corrected chi connectivity index (χ4v) is 1.25. The molecule has 0 aromatic heterocycles. The van der Waals surface area contributed by atoms with Crippen LogP contribution >= 0.6 is 8.60 Å². The number of rotatable bonds is 4. The fraction of sp³-hybridized carbons (Fsp3) is 0.333. The van der Waals surface area contributed by atoms with E-state index in [1.807, 2.05) is 6.08 Å². The van der Waals surface area contributed by atoms with Gasteiger partial charge in [-0.05, 0) is 0 Å². The predicted molar refractivity (Wildman–Crippen MR) is 67.5 cm³/mol. The van der Waals surface area contributed by atoms with Crippen LogP contribution < -0.4 is 14.7 Å². The van der Waals surface area contributed by atoms with Crippen LogP contribution in [0.5, 0.6) is 0 Å². The summed E-state index contributed by atoms with van der Waals surface area (Å²) in [5.41, 5.74) is -1.75. The minimum Gasteiger partial charge on any atom is -0.854 e. The summed E-state index contributed by atoms with van der Waals surface area (Å²) in [6.45, 7) is -1.53. The van der Waals surface area contributed by atoms with E-state index in [-0.39, 0.29) is 0 Å². The van der Waals surface area contributed by atoms with Gasteiger partial charge in [0, 0.05) is 6.08 Å². The van der Waals surface area contributed by atoms with Crippen LogP contribution in [0.2, 0.25) is 0 Å². The molecule has 0 amide bonds. The molecule has 22 heavy (non-hydrogen) atoms. The summed E-state index contributed by atoms with van der Waals surface area (Å²) in [4.78, 5) is 45.3. The van der Waals surface area contributed by atoms with Crippen LogP contribution in [-0.4, -0.2) is 40.4 Å². The molecule has 0 atom stereocenters. The van der Waals surface area contributed by atoms with Crippen molar-refractivity contribution in [3.05, 3.63) is 34.5 Å². The van der Waals surface area contributed by atoms with Crippen LogP contribution in [-0.2, 0) is 25.6 Å². The minimum atomic E-state index is -3.37. The van der Waals surface area contributed by atoms with Crippen molar-refractivity contribution in [3.8, 4) is 0 Å². The average Bonchev–Trinajstić information content (AvgIpc) is 2.95. The average molecular weight is 371 g/mol. The van der Waals surface area contributed by atoms with E-state index in [9.17, 15) is 9.59 Å². The zero-order valence-electron chi connectivity index (χ0n) is 11.1. The molecule has 10 heteroatoms. The molecular weight excluding hydrogens is 358 g/mol. The maximum atomic E-state index is 9.96. The number of aliphatic hydroxyl groups is 3. The third-order valence-electron chi connectivity index (χ3n) is 2.19. The molecule has 1 aliphatic carbocycles. The number of hydrogen-bond acceptors (Lipinski definition) is 8. The first-order valence-electron chi connectivity index (χ1n) is 5.50. The van der Waals surface area contributed by atoms with E-state index >= 15 is 0 Å². The standard InChI is InChI=1S/C7H8O5.C5H5.Mn.O3P/c8-2-1-7(4-10,5-11)6(12)3-9;1-2-4-5-3-1;;1-4(2)3/h1,10-12H,4-5H2;1-3H,4H2;;/q;;+3;-3. The summed E-state index contributed by atoms with van der Waals surface area (Å²) in [5.74, 6) is 1.44. The predicted octanol–water partition coefficient (Wildman–Crippen LogP) is -2.71. The van der Waals surface area contributed by atoms with Crippen molar-refractivity contribution in [1.82, 2.24) is 0 Å². The zero-order chi connectivity index (χ0) is 17.6. The summed E-state index contributed by atoms with van der Waals surface area (Å²) in [6.07, 6.45) is 7.97. The van der Waals surface area contributed by atoms with Crippen molar-refractivity contribution in [2.75, 3.05) is 13.2 Å². The van der Waals surface area contributed by atoms with E-state index < -0.39 is 33.0 Å². The number of hydrogen-bond donors (Lipinski definition) is 3. The van der Waals surface area contributed by atoms with Gasteiger partial charge in [-0.2, -0.15) is 0 Å². The van der Waals surface area contributed by atoms with Crippen LogP contribution in [0.15, 0.2) is 34.5 Å². The number of allylic oxidation sites excluding steroid dienone is 4. The third-order valence-corrected chi connectivity index (χ3v) is 2.63. The molecule has 0 saturated heterocycles. The van der Waals surface area contributed by atoms with E-state index in [4.69, 9.17) is 30.0 Å². The van der Waals surface area contributed by atoms with Gasteiger partial charge in [0.1, 0.15) is 11.4 Å². The van der Waals surface area contributed by atoms with Crippen LogP contribution in [0.1, 0.15) is 6.42 Å². The Morgan fingerprint density at radius 2 is 1.86 bits per heavy atom. The second kappa shape index (κ2) is 13.6. The monoisotopic (exact) mass is 371 g/mol. The first kappa shape index (κ1) is 23.2. The number of carbonyl (C=O) groups excluding carboxylic acids is 2. The Labute approximate surface area is 136 Å². The van der Waals surface area contributed by atoms with Crippen LogP contribution in [0.4, 0.5) is 0 Å². The molecule has 1 rings (SSSR count). The molecule has 1 aliphatic rings. The molecule has 0 bridgehead atoms. The molecular formula is C12H13MnO8P. The Kier molecular flexibility index (Phi) is 14.3. The topological polar surface area (TPSA) is 164 Å². The van der Waals surface area contributed by atoms with Gasteiger partial charge in [-0.3, -0.25) is 0 Å². The van der Waals surface area contributed by atoms with Crippen LogP contribution in [0, 0.1) is 5.41 Å². The van der Waals surface area contributed by atoms with Crippen LogP contribution in [0.3, 0.4) is 0 Å². The van der Waals surface area contributed by atoms with E-state index in [0.717, 1.165) is 12.4 Å². The summed E-state index contributed by atoms with van der Waals surface area (Å²) < 4.78 is 1.28. The molecule has 0 heterocycles. The molecule has 0 radical (unpaired) electrons. The zero-order valence-corrected chi connectivity index (χ0v) is 13.2. The molecule has 0 aliphatic heterocycles. The van der Waals surface area contributed by atoms with Gasteiger partial charge in [-0.25, -0.2) is 9.59 Å². The normalized spacial score (nSPS) is 12.0. The smallest absolute Gasteiger partial charge is 0.438 e. The molecule has 0 spiro atoms. The SMILES string of the molecule is O=C=CC(CO)(CO)C(O)=C=O.[Mn+3][C]1=CC=CC1.[O-]P([O-])[O-]. The molecule has 0 aromatic rings. The van der Waals surface area contributed by atoms with Crippen molar-refractivity contribution in [1.29, 1.82) is 0 Å². The summed E-state index contributed by atoms with van der Waals surface area (Å²) in [7, 11) is -3.37. The van der Waals surface area contributed by atoms with E-state index in [1.165, 1.54) is 10.4 Å². The molecule has 0 fully saturated rings. The Balaban J connectivity index is 0. The van der Waals surface area contributed by atoms with Crippen molar-refractivity contribution in [3.63, 3.8) is 0 Å². The molecule has 0 unspecified atom stereocenters. The first-order valence-corrected chi connectivity index (χ1v) is 7.19. The molecule has 0 aromatic carbocycles. The van der Waals surface area contributed by atoms with Gasteiger partial charge < -0.3 is 38.6 Å². The fourth-order valence-electron chi connectivity index (χ4n) is 0.995. The van der Waals surface area contributed by atoms with Crippen molar-refractivity contribution in [2.24, 2.45) is 5.41 Å². The van der Waals surface area contributed by atoms with Crippen molar-refractivity contribution >= 4 is 20.5 Å². The molecule has 8 nitrogen and oxygen atoms in total. The first-order chi connectivity index (χ1) is 10.3. The largest absolute Gasteiger partial charge is 0.854 e. The van der Waals surface area contributed by atoms with Crippen LogP contribution in [0.25, 0.3) is 0 Å². The Bertz CT molecular complexity index is 469. The maximum Gasteiger partial charge on any atom is -0.438 e. The van der Waals surface area contributed by atoms with E-state index in [0.29, 0.717) is 6.08 Å². The van der Waals surface area contributed by atoms with Crippen molar-refractivity contribution in [2.45, 2.75) is 6.42 Å². The van der Waals surface area contributed by atoms with Gasteiger partial charge in [0.25, 0.3) is 0 Å². The minimum absolute atomic E-state index is 0.674. The third kappa shape index (κ3) is 10.6. The van der Waals surface area contributed by atoms with Gasteiger partial charge in [0.05, 0.1) is 13.2 Å². The van der Waals surface area contributed by atoms with E-state index in [2.05, 4.69) is 28.2 Å². The van der Waals surface area contributed by atoms with Gasteiger partial charge in [-0.15, -0.1) is 0 Å². The second-order valence-corrected chi connectivity index (χ2v) is 4.86. The van der Waals surface area contributed by atoms with Crippen molar-refractivity contribution < 1.29 is 55.6 Å².